The summed E-state index contributed by atoms with van der Waals surface area (Å²) >= 11 is 1.56. The number of amides is 2. The van der Waals surface area contributed by atoms with E-state index in [0.717, 1.165) is 50.8 Å². The van der Waals surface area contributed by atoms with Crippen molar-refractivity contribution in [1.82, 2.24) is 20.6 Å². The zero-order valence-electron chi connectivity index (χ0n) is 25.8. The molecule has 2 amide bonds. The molecule has 46 heavy (non-hydrogen) atoms. The van der Waals surface area contributed by atoms with E-state index in [9.17, 15) is 14.4 Å². The molecule has 0 bridgehead atoms. The maximum absolute atomic E-state index is 12.3. The second-order valence-electron chi connectivity index (χ2n) is 10.7. The van der Waals surface area contributed by atoms with Crippen molar-refractivity contribution in [2.45, 2.75) is 51.5 Å². The van der Waals surface area contributed by atoms with Gasteiger partial charge < -0.3 is 30.6 Å². The predicted octanol–water partition coefficient (Wildman–Crippen LogP) is 5.90. The van der Waals surface area contributed by atoms with E-state index < -0.39 is 31.1 Å². The van der Waals surface area contributed by atoms with E-state index in [2.05, 4.69) is 22.5 Å². The number of carbonyl (C=O) groups is 3. The summed E-state index contributed by atoms with van der Waals surface area (Å²) < 4.78 is 5.52. The summed E-state index contributed by atoms with van der Waals surface area (Å²) in [4.78, 5) is 44.4. The average Bonchev–Trinajstić information content (AvgIpc) is 3.76. The number of hydrogen-bond donors (Lipinski definition) is 5. The number of carboxylic acid groups (broad SMARTS) is 1. The molecule has 0 saturated carbocycles. The van der Waals surface area contributed by atoms with Gasteiger partial charge in [-0.25, -0.2) is 9.78 Å². The van der Waals surface area contributed by atoms with Gasteiger partial charge in [0.15, 0.2) is 6.61 Å². The van der Waals surface area contributed by atoms with E-state index >= 15 is 0 Å². The first-order valence-electron chi connectivity index (χ1n) is 15.4. The molecule has 0 unspecified atom stereocenters. The van der Waals surface area contributed by atoms with Crippen LogP contribution in [0.2, 0.25) is 0 Å². The van der Waals surface area contributed by atoms with Crippen LogP contribution >= 0.6 is 11.3 Å². The third kappa shape index (κ3) is 10.1. The molecule has 4 aromatic rings. The summed E-state index contributed by atoms with van der Waals surface area (Å²) in [7, 11) is 0. The van der Waals surface area contributed by atoms with Crippen LogP contribution in [-0.2, 0) is 14.4 Å². The third-order valence-corrected chi connectivity index (χ3v) is 8.34. The number of nitrogens with zero attached hydrogens (tertiary/aromatic N) is 1. The van der Waals surface area contributed by atoms with Gasteiger partial charge >= 0.3 is 5.97 Å². The fourth-order valence-electron chi connectivity index (χ4n) is 4.66. The van der Waals surface area contributed by atoms with Crippen molar-refractivity contribution in [1.29, 1.82) is 0 Å². The maximum atomic E-state index is 12.3. The fourth-order valence-corrected chi connectivity index (χ4v) is 5.74. The van der Waals surface area contributed by atoms with Gasteiger partial charge in [-0.2, -0.15) is 0 Å². The Morgan fingerprint density at radius 1 is 0.978 bits per heavy atom. The molecule has 2 aromatic carbocycles. The molecule has 11 heteroatoms. The molecule has 10 nitrogen and oxygen atoms in total. The van der Waals surface area contributed by atoms with Crippen LogP contribution in [-0.4, -0.2) is 63.8 Å². The predicted molar refractivity (Wildman–Crippen MR) is 180 cm³/mol. The number of ether oxygens (including phenoxy) is 1. The van der Waals surface area contributed by atoms with E-state index in [0.29, 0.717) is 12.3 Å². The van der Waals surface area contributed by atoms with Crippen LogP contribution in [0.1, 0.15) is 51.0 Å². The SMILES string of the molecule is CCCCCCCCNC(=O)/C=C/c1ccc(-c2sc(-c3ccc[nH]3)nc2-c2ccc(OCC(=O)N[C@@H](CO)C(=O)O)cc2)cc1. The molecule has 242 valence electrons. The summed E-state index contributed by atoms with van der Waals surface area (Å²) in [6, 6.07) is 17.6. The summed E-state index contributed by atoms with van der Waals surface area (Å²) in [5, 5.41) is 24.1. The van der Waals surface area contributed by atoms with E-state index in [-0.39, 0.29) is 5.91 Å². The van der Waals surface area contributed by atoms with Gasteiger partial charge in [-0.05, 0) is 60.0 Å². The lowest BCUT2D eigenvalue weighted by molar-refractivity contribution is -0.143. The number of unbranched alkanes of at least 4 members (excludes halogenated alkanes) is 5. The van der Waals surface area contributed by atoms with Crippen molar-refractivity contribution in [2.75, 3.05) is 19.8 Å². The Labute approximate surface area is 272 Å². The summed E-state index contributed by atoms with van der Waals surface area (Å²) in [5.74, 6) is -1.66. The number of aliphatic hydroxyl groups is 1. The van der Waals surface area contributed by atoms with Crippen molar-refractivity contribution in [2.24, 2.45) is 0 Å². The molecule has 0 aliphatic heterocycles. The Morgan fingerprint density at radius 2 is 1.70 bits per heavy atom. The number of carbonyl (C=O) groups excluding carboxylic acids is 2. The van der Waals surface area contributed by atoms with Crippen molar-refractivity contribution < 1.29 is 29.3 Å². The van der Waals surface area contributed by atoms with Gasteiger partial charge in [-0.3, -0.25) is 9.59 Å². The molecule has 2 aromatic heterocycles. The molecule has 0 radical (unpaired) electrons. The van der Waals surface area contributed by atoms with Gasteiger partial charge in [0.2, 0.25) is 5.91 Å². The molecular weight excluding hydrogens is 604 g/mol. The van der Waals surface area contributed by atoms with Crippen LogP contribution < -0.4 is 15.4 Å². The molecule has 5 N–H and O–H groups in total. The standard InChI is InChI=1S/C35H40N4O6S/c1-2-3-4-5-6-7-20-37-30(41)19-12-24-10-13-26(14-11-24)33-32(39-34(46-33)28-9-8-21-36-28)25-15-17-27(18-16-25)45-23-31(42)38-29(22-40)35(43)44/h8-19,21,29,36,40H,2-7,20,22-23H2,1H3,(H,37,41)(H,38,42)(H,43,44)/b19-12+/t29-/m0/s1. The van der Waals surface area contributed by atoms with Gasteiger partial charge in [0.1, 0.15) is 16.8 Å². The van der Waals surface area contributed by atoms with Crippen molar-refractivity contribution >= 4 is 35.2 Å². The summed E-state index contributed by atoms with van der Waals surface area (Å²) in [5.41, 5.74) is 4.41. The van der Waals surface area contributed by atoms with Crippen LogP contribution in [0, 0.1) is 0 Å². The second kappa shape index (κ2) is 17.7. The summed E-state index contributed by atoms with van der Waals surface area (Å²) in [6.07, 6.45) is 12.3. The number of H-pyrrole nitrogens is 1. The van der Waals surface area contributed by atoms with E-state index in [1.807, 2.05) is 60.8 Å². The highest BCUT2D eigenvalue weighted by atomic mass is 32.1. The highest BCUT2D eigenvalue weighted by Crippen LogP contribution is 2.40. The first kappa shape index (κ1) is 34.1. The number of aliphatic hydroxyl groups excluding tert-OH is 1. The molecule has 0 aliphatic carbocycles. The molecule has 2 heterocycles. The highest BCUT2D eigenvalue weighted by molar-refractivity contribution is 7.18. The molecule has 0 fully saturated rings. The van der Waals surface area contributed by atoms with Crippen LogP contribution in [0.15, 0.2) is 72.9 Å². The lowest BCUT2D eigenvalue weighted by Crippen LogP contribution is -2.45. The van der Waals surface area contributed by atoms with E-state index in [4.69, 9.17) is 19.9 Å². The van der Waals surface area contributed by atoms with Gasteiger partial charge in [-0.1, -0.05) is 63.3 Å². The Kier molecular flexibility index (Phi) is 13.1. The number of aromatic amines is 1. The van der Waals surface area contributed by atoms with Crippen molar-refractivity contribution in [3.05, 3.63) is 78.5 Å². The lowest BCUT2D eigenvalue weighted by atomic mass is 10.0. The molecule has 1 atom stereocenters. The monoisotopic (exact) mass is 644 g/mol. The van der Waals surface area contributed by atoms with Crippen LogP contribution in [0.3, 0.4) is 0 Å². The van der Waals surface area contributed by atoms with Crippen molar-refractivity contribution in [3.8, 4) is 38.1 Å². The number of aliphatic carboxylic acids is 1. The van der Waals surface area contributed by atoms with Gasteiger partial charge in [-0.15, -0.1) is 11.3 Å². The number of hydrogen-bond acceptors (Lipinski definition) is 7. The number of rotatable bonds is 18. The van der Waals surface area contributed by atoms with Crippen LogP contribution in [0.5, 0.6) is 5.75 Å². The number of benzene rings is 2. The summed E-state index contributed by atoms with van der Waals surface area (Å²) in [6.45, 7) is 1.77. The number of aromatic nitrogens is 2. The average molecular weight is 645 g/mol. The van der Waals surface area contributed by atoms with Gasteiger partial charge in [0.25, 0.3) is 5.91 Å². The Bertz CT molecular complexity index is 1580. The zero-order chi connectivity index (χ0) is 32.7. The smallest absolute Gasteiger partial charge is 0.328 e. The first-order valence-corrected chi connectivity index (χ1v) is 16.3. The first-order chi connectivity index (χ1) is 22.4. The molecule has 4 rings (SSSR count). The minimum absolute atomic E-state index is 0.0966. The van der Waals surface area contributed by atoms with Gasteiger partial charge in [0.05, 0.1) is 22.9 Å². The number of thiazole rings is 1. The topological polar surface area (TPSA) is 154 Å². The Hall–Kier alpha value is -4.74. The minimum Gasteiger partial charge on any atom is -0.484 e. The normalized spacial score (nSPS) is 11.8. The van der Waals surface area contributed by atoms with E-state index in [1.54, 1.807) is 29.5 Å². The van der Waals surface area contributed by atoms with Crippen LogP contribution in [0.4, 0.5) is 0 Å². The Morgan fingerprint density at radius 3 is 2.37 bits per heavy atom. The lowest BCUT2D eigenvalue weighted by Gasteiger charge is -2.12. The van der Waals surface area contributed by atoms with Gasteiger partial charge in [0, 0.05) is 24.4 Å². The largest absolute Gasteiger partial charge is 0.484 e. The second-order valence-corrected chi connectivity index (χ2v) is 11.7. The number of carboxylic acids is 1. The van der Waals surface area contributed by atoms with Crippen molar-refractivity contribution in [3.63, 3.8) is 0 Å². The highest BCUT2D eigenvalue weighted by Gasteiger charge is 2.19. The fraction of sp³-hybridized carbons (Fsp3) is 0.314. The van der Waals surface area contributed by atoms with Crippen LogP contribution in [0.25, 0.3) is 38.5 Å². The molecule has 0 spiro atoms. The maximum Gasteiger partial charge on any atom is 0.328 e. The molecule has 0 aliphatic rings. The Balaban J connectivity index is 1.42. The number of nitrogens with one attached hydrogen (secondary N) is 3. The molecular formula is C35H40N4O6S. The minimum atomic E-state index is -1.39. The zero-order valence-corrected chi connectivity index (χ0v) is 26.6. The molecule has 0 saturated heterocycles. The third-order valence-electron chi connectivity index (χ3n) is 7.20. The van der Waals surface area contributed by atoms with E-state index in [1.165, 1.54) is 25.7 Å². The quantitative estimate of drug-likeness (QED) is 0.0667.